The van der Waals surface area contributed by atoms with Crippen LogP contribution in [0.3, 0.4) is 0 Å². The molecule has 0 spiro atoms. The zero-order valence-electron chi connectivity index (χ0n) is 14.1. The molecule has 1 aliphatic rings. The van der Waals surface area contributed by atoms with Crippen molar-refractivity contribution in [1.82, 2.24) is 0 Å². The van der Waals surface area contributed by atoms with Crippen LogP contribution in [0, 0.1) is 0 Å². The van der Waals surface area contributed by atoms with Crippen LogP contribution in [0.25, 0.3) is 5.57 Å². The Morgan fingerprint density at radius 3 is 2.00 bits per heavy atom. The number of rotatable bonds is 5. The van der Waals surface area contributed by atoms with Gasteiger partial charge in [-0.3, -0.25) is 0 Å². The Kier molecular flexibility index (Phi) is 4.70. The molecule has 0 amide bonds. The minimum absolute atomic E-state index is 0.610. The van der Waals surface area contributed by atoms with Crippen LogP contribution in [0.1, 0.15) is 44.2 Å². The molecule has 24 heavy (non-hydrogen) atoms. The van der Waals surface area contributed by atoms with Crippen LogP contribution in [-0.4, -0.2) is 11.8 Å². The largest absolute Gasteiger partial charge is 0.514 e. The van der Waals surface area contributed by atoms with Crippen molar-refractivity contribution in [2.45, 2.75) is 38.7 Å². The van der Waals surface area contributed by atoms with Crippen LogP contribution in [0.4, 0.5) is 4.79 Å². The summed E-state index contributed by atoms with van der Waals surface area (Å²) in [4.78, 5) is 11.9. The summed E-state index contributed by atoms with van der Waals surface area (Å²) in [6, 6.07) is 20.0. The highest BCUT2D eigenvalue weighted by molar-refractivity contribution is 5.85. The standard InChI is InChI=1S/C21H22O3/c1-3-4-15-21(2)19(23-20(22)24-21)18(16-11-7-5-8-12-16)17-13-9-6-10-14-17/h5-14H,3-4,15H2,1-2H3. The van der Waals surface area contributed by atoms with Gasteiger partial charge in [0.05, 0.1) is 0 Å². The lowest BCUT2D eigenvalue weighted by molar-refractivity contribution is 0.0702. The number of carbonyl (C=O) groups excluding carboxylic acids is 1. The molecule has 3 nitrogen and oxygen atoms in total. The molecule has 0 bridgehead atoms. The highest BCUT2D eigenvalue weighted by Gasteiger charge is 2.45. The molecule has 1 aliphatic heterocycles. The van der Waals surface area contributed by atoms with E-state index in [9.17, 15) is 4.79 Å². The number of ether oxygens (including phenoxy) is 2. The van der Waals surface area contributed by atoms with Crippen molar-refractivity contribution in [1.29, 1.82) is 0 Å². The average Bonchev–Trinajstić information content (AvgIpc) is 2.90. The molecule has 1 fully saturated rings. The lowest BCUT2D eigenvalue weighted by Crippen LogP contribution is -2.26. The van der Waals surface area contributed by atoms with Gasteiger partial charge in [-0.25, -0.2) is 4.79 Å². The van der Waals surface area contributed by atoms with Gasteiger partial charge in [0.2, 0.25) is 0 Å². The summed E-state index contributed by atoms with van der Waals surface area (Å²) in [6.07, 6.45) is 2.13. The molecule has 2 aromatic carbocycles. The van der Waals surface area contributed by atoms with E-state index in [0.717, 1.165) is 36.0 Å². The van der Waals surface area contributed by atoms with Gasteiger partial charge >= 0.3 is 6.16 Å². The zero-order chi connectivity index (χ0) is 17.0. The molecule has 0 N–H and O–H groups in total. The second kappa shape index (κ2) is 6.91. The molecule has 3 heteroatoms. The van der Waals surface area contributed by atoms with Gasteiger partial charge in [-0.05, 0) is 30.9 Å². The maximum Gasteiger partial charge on any atom is 0.514 e. The van der Waals surface area contributed by atoms with Crippen LogP contribution >= 0.6 is 0 Å². The van der Waals surface area contributed by atoms with E-state index < -0.39 is 11.8 Å². The van der Waals surface area contributed by atoms with Crippen LogP contribution in [0.15, 0.2) is 66.4 Å². The van der Waals surface area contributed by atoms with Crippen molar-refractivity contribution >= 4 is 11.7 Å². The number of hydrogen-bond acceptors (Lipinski definition) is 3. The van der Waals surface area contributed by atoms with Gasteiger partial charge in [0.15, 0.2) is 11.4 Å². The molecular weight excluding hydrogens is 300 g/mol. The summed E-state index contributed by atoms with van der Waals surface area (Å²) >= 11 is 0. The normalized spacial score (nSPS) is 19.8. The van der Waals surface area contributed by atoms with E-state index in [-0.39, 0.29) is 0 Å². The molecule has 0 aromatic heterocycles. The van der Waals surface area contributed by atoms with Crippen LogP contribution in [0.5, 0.6) is 0 Å². The maximum atomic E-state index is 11.9. The second-order valence-electron chi connectivity index (χ2n) is 6.22. The van der Waals surface area contributed by atoms with Crippen LogP contribution in [-0.2, 0) is 9.47 Å². The highest BCUT2D eigenvalue weighted by atomic mass is 16.8. The Balaban J connectivity index is 2.19. The quantitative estimate of drug-likeness (QED) is 0.676. The number of cyclic esters (lactones) is 2. The van der Waals surface area contributed by atoms with E-state index in [2.05, 4.69) is 6.92 Å². The van der Waals surface area contributed by atoms with Gasteiger partial charge in [-0.1, -0.05) is 74.0 Å². The molecule has 0 aliphatic carbocycles. The number of benzene rings is 2. The van der Waals surface area contributed by atoms with Crippen molar-refractivity contribution in [3.05, 3.63) is 77.5 Å². The van der Waals surface area contributed by atoms with E-state index in [1.54, 1.807) is 0 Å². The van der Waals surface area contributed by atoms with E-state index in [4.69, 9.17) is 9.47 Å². The Morgan fingerprint density at radius 2 is 1.50 bits per heavy atom. The molecule has 1 heterocycles. The predicted molar refractivity (Wildman–Crippen MR) is 94.4 cm³/mol. The lowest BCUT2D eigenvalue weighted by atomic mass is 9.88. The van der Waals surface area contributed by atoms with E-state index in [1.807, 2.05) is 67.6 Å². The van der Waals surface area contributed by atoms with Gasteiger partial charge < -0.3 is 9.47 Å². The predicted octanol–water partition coefficient (Wildman–Crippen LogP) is 5.56. The fourth-order valence-electron chi connectivity index (χ4n) is 3.08. The second-order valence-corrected chi connectivity index (χ2v) is 6.22. The molecule has 3 rings (SSSR count). The molecule has 0 saturated carbocycles. The van der Waals surface area contributed by atoms with Gasteiger partial charge in [-0.2, -0.15) is 0 Å². The third-order valence-corrected chi connectivity index (χ3v) is 4.33. The number of carbonyl (C=O) groups is 1. The topological polar surface area (TPSA) is 35.5 Å². The van der Waals surface area contributed by atoms with Gasteiger partial charge in [0, 0.05) is 5.57 Å². The summed E-state index contributed by atoms with van der Waals surface area (Å²) in [5.74, 6) is 0.610. The fraction of sp³-hybridized carbons (Fsp3) is 0.286. The van der Waals surface area contributed by atoms with Gasteiger partial charge in [0.25, 0.3) is 0 Å². The van der Waals surface area contributed by atoms with E-state index in [1.165, 1.54) is 0 Å². The van der Waals surface area contributed by atoms with Crippen LogP contribution in [0.2, 0.25) is 0 Å². The minimum atomic E-state index is -0.728. The molecule has 1 atom stereocenters. The van der Waals surface area contributed by atoms with E-state index >= 15 is 0 Å². The highest BCUT2D eigenvalue weighted by Crippen LogP contribution is 2.41. The monoisotopic (exact) mass is 322 g/mol. The Bertz CT molecular complexity index is 693. The number of hydrogen-bond donors (Lipinski definition) is 0. The molecule has 0 radical (unpaired) electrons. The van der Waals surface area contributed by atoms with Crippen molar-refractivity contribution in [2.75, 3.05) is 0 Å². The summed E-state index contributed by atoms with van der Waals surface area (Å²) in [6.45, 7) is 4.06. The molecule has 2 aromatic rings. The Hall–Kier alpha value is -2.55. The first-order chi connectivity index (χ1) is 11.6. The summed E-state index contributed by atoms with van der Waals surface area (Å²) < 4.78 is 11.1. The third kappa shape index (κ3) is 3.21. The van der Waals surface area contributed by atoms with Crippen molar-refractivity contribution < 1.29 is 14.3 Å². The summed E-state index contributed by atoms with van der Waals surface area (Å²) in [5.41, 5.74) is 2.22. The summed E-state index contributed by atoms with van der Waals surface area (Å²) in [7, 11) is 0. The van der Waals surface area contributed by atoms with Crippen molar-refractivity contribution in [3.8, 4) is 0 Å². The summed E-state index contributed by atoms with van der Waals surface area (Å²) in [5, 5.41) is 0. The first kappa shape index (κ1) is 16.3. The van der Waals surface area contributed by atoms with Crippen molar-refractivity contribution in [3.63, 3.8) is 0 Å². The smallest absolute Gasteiger partial charge is 0.419 e. The molecular formula is C21H22O3. The Labute approximate surface area is 142 Å². The third-order valence-electron chi connectivity index (χ3n) is 4.33. The SMILES string of the molecule is CCCCC1(C)OC(=O)OC1=C(c1ccccc1)c1ccccc1. The minimum Gasteiger partial charge on any atom is -0.419 e. The number of unbranched alkanes of at least 4 members (excludes halogenated alkanes) is 1. The zero-order valence-corrected chi connectivity index (χ0v) is 14.1. The maximum absolute atomic E-state index is 11.9. The lowest BCUT2D eigenvalue weighted by Gasteiger charge is -2.23. The van der Waals surface area contributed by atoms with E-state index in [0.29, 0.717) is 5.76 Å². The van der Waals surface area contributed by atoms with Gasteiger partial charge in [0.1, 0.15) is 0 Å². The molecule has 1 saturated heterocycles. The molecule has 1 unspecified atom stereocenters. The van der Waals surface area contributed by atoms with Crippen LogP contribution < -0.4 is 0 Å². The van der Waals surface area contributed by atoms with Gasteiger partial charge in [-0.15, -0.1) is 0 Å². The fourth-order valence-corrected chi connectivity index (χ4v) is 3.08. The first-order valence-corrected chi connectivity index (χ1v) is 8.40. The molecule has 124 valence electrons. The first-order valence-electron chi connectivity index (χ1n) is 8.40. The van der Waals surface area contributed by atoms with Crippen molar-refractivity contribution in [2.24, 2.45) is 0 Å². The Morgan fingerprint density at radius 1 is 0.958 bits per heavy atom. The average molecular weight is 322 g/mol.